The molecule has 2 N–H and O–H groups in total. The molecule has 2 atom stereocenters. The number of rotatable bonds is 6. The molecule has 1 fully saturated rings. The van der Waals surface area contributed by atoms with Crippen molar-refractivity contribution in [1.82, 2.24) is 20.2 Å². The van der Waals surface area contributed by atoms with E-state index >= 15 is 0 Å². The van der Waals surface area contributed by atoms with Gasteiger partial charge in [-0.05, 0) is 44.1 Å². The first kappa shape index (κ1) is 21.1. The number of aliphatic imine (C=N–C) groups is 1. The minimum absolute atomic E-state index is 0. The molecule has 1 saturated carbocycles. The lowest BCUT2D eigenvalue weighted by molar-refractivity contribution is 0.615. The highest BCUT2D eigenvalue weighted by Crippen LogP contribution is 2.28. The van der Waals surface area contributed by atoms with E-state index in [0.717, 1.165) is 23.4 Å². The van der Waals surface area contributed by atoms with E-state index in [2.05, 4.69) is 47.0 Å². The lowest BCUT2D eigenvalue weighted by atomic mass is 10.2. The van der Waals surface area contributed by atoms with Crippen LogP contribution in [-0.2, 0) is 6.54 Å². The van der Waals surface area contributed by atoms with Crippen LogP contribution in [-0.4, -0.2) is 39.6 Å². The van der Waals surface area contributed by atoms with Crippen molar-refractivity contribution in [1.29, 1.82) is 0 Å². The zero-order valence-corrected chi connectivity index (χ0v) is 18.5. The van der Waals surface area contributed by atoms with Crippen LogP contribution in [0.5, 0.6) is 0 Å². The number of nitrogens with zero attached hydrogens (tertiary/aromatic N) is 3. The van der Waals surface area contributed by atoms with Crippen molar-refractivity contribution in [3.8, 4) is 5.69 Å². The Balaban J connectivity index is 0.00000243. The van der Waals surface area contributed by atoms with Crippen LogP contribution in [0.4, 0.5) is 0 Å². The summed E-state index contributed by atoms with van der Waals surface area (Å²) in [5, 5.41) is 7.77. The van der Waals surface area contributed by atoms with Gasteiger partial charge in [-0.15, -0.1) is 24.0 Å². The lowest BCUT2D eigenvalue weighted by Gasteiger charge is -2.17. The van der Waals surface area contributed by atoms with Crippen LogP contribution in [0.25, 0.3) is 5.69 Å². The standard InChI is InChI=1S/C19H27N5S.HI/c1-3-21-19(23-16-8-9-17(12-16)25-2)22-13-15-6-4-5-7-18(15)24-11-10-20-14-24;/h4-7,10-11,14,16-17H,3,8-9,12-13H2,1-2H3,(H2,21,22,23);1H. The summed E-state index contributed by atoms with van der Waals surface area (Å²) in [5.74, 6) is 0.912. The third-order valence-electron chi connectivity index (χ3n) is 4.58. The molecule has 1 heterocycles. The molecule has 0 radical (unpaired) electrons. The Labute approximate surface area is 177 Å². The van der Waals surface area contributed by atoms with Crippen molar-refractivity contribution >= 4 is 41.7 Å². The summed E-state index contributed by atoms with van der Waals surface area (Å²) >= 11 is 1.98. The second-order valence-electron chi connectivity index (χ2n) is 6.31. The molecule has 1 aliphatic carbocycles. The smallest absolute Gasteiger partial charge is 0.191 e. The second-order valence-corrected chi connectivity index (χ2v) is 7.44. The first-order chi connectivity index (χ1) is 12.3. The van der Waals surface area contributed by atoms with E-state index in [1.807, 2.05) is 34.9 Å². The largest absolute Gasteiger partial charge is 0.357 e. The molecule has 0 aliphatic heterocycles. The van der Waals surface area contributed by atoms with Gasteiger partial charge in [0.25, 0.3) is 0 Å². The minimum Gasteiger partial charge on any atom is -0.357 e. The molecule has 0 amide bonds. The second kappa shape index (κ2) is 10.8. The molecule has 0 bridgehead atoms. The van der Waals surface area contributed by atoms with Crippen molar-refractivity contribution in [2.45, 2.75) is 44.0 Å². The fourth-order valence-electron chi connectivity index (χ4n) is 3.26. The van der Waals surface area contributed by atoms with Crippen LogP contribution >= 0.6 is 35.7 Å². The number of guanidine groups is 1. The molecule has 5 nitrogen and oxygen atoms in total. The number of benzene rings is 1. The summed E-state index contributed by atoms with van der Waals surface area (Å²) in [6.07, 6.45) is 11.5. The van der Waals surface area contributed by atoms with Gasteiger partial charge in [-0.25, -0.2) is 9.98 Å². The van der Waals surface area contributed by atoms with Crippen LogP contribution in [0, 0.1) is 0 Å². The van der Waals surface area contributed by atoms with E-state index in [9.17, 15) is 0 Å². The highest BCUT2D eigenvalue weighted by molar-refractivity contribution is 14.0. The number of hydrogen-bond acceptors (Lipinski definition) is 3. The maximum absolute atomic E-state index is 4.82. The number of imidazole rings is 1. The van der Waals surface area contributed by atoms with Gasteiger partial charge in [0, 0.05) is 30.2 Å². The molecular weight excluding hydrogens is 457 g/mol. The Morgan fingerprint density at radius 2 is 2.19 bits per heavy atom. The molecule has 0 saturated heterocycles. The van der Waals surface area contributed by atoms with Gasteiger partial charge in [-0.1, -0.05) is 18.2 Å². The van der Waals surface area contributed by atoms with Crippen LogP contribution in [0.15, 0.2) is 48.0 Å². The predicted molar refractivity (Wildman–Crippen MR) is 122 cm³/mol. The minimum atomic E-state index is 0. The van der Waals surface area contributed by atoms with Crippen LogP contribution in [0.3, 0.4) is 0 Å². The average molecular weight is 485 g/mol. The first-order valence-corrected chi connectivity index (χ1v) is 10.2. The van der Waals surface area contributed by atoms with Gasteiger partial charge in [0.05, 0.1) is 18.6 Å². The van der Waals surface area contributed by atoms with Crippen molar-refractivity contribution in [2.75, 3.05) is 12.8 Å². The summed E-state index contributed by atoms with van der Waals surface area (Å²) in [4.78, 5) is 8.97. The molecule has 2 aromatic rings. The maximum atomic E-state index is 4.82. The molecule has 2 unspecified atom stereocenters. The first-order valence-electron chi connectivity index (χ1n) is 8.94. The van der Waals surface area contributed by atoms with Gasteiger partial charge in [-0.3, -0.25) is 0 Å². The highest BCUT2D eigenvalue weighted by atomic mass is 127. The zero-order valence-electron chi connectivity index (χ0n) is 15.4. The number of thioether (sulfide) groups is 1. The van der Waals surface area contributed by atoms with Gasteiger partial charge < -0.3 is 15.2 Å². The molecular formula is C19H28IN5S. The molecule has 26 heavy (non-hydrogen) atoms. The van der Waals surface area contributed by atoms with Crippen LogP contribution in [0.1, 0.15) is 31.7 Å². The quantitative estimate of drug-likeness (QED) is 0.371. The van der Waals surface area contributed by atoms with E-state index in [4.69, 9.17) is 4.99 Å². The van der Waals surface area contributed by atoms with Crippen molar-refractivity contribution in [3.05, 3.63) is 48.5 Å². The Morgan fingerprint density at radius 1 is 1.35 bits per heavy atom. The number of halogens is 1. The third kappa shape index (κ3) is 5.64. The van der Waals surface area contributed by atoms with Crippen LogP contribution < -0.4 is 10.6 Å². The van der Waals surface area contributed by atoms with Crippen LogP contribution in [0.2, 0.25) is 0 Å². The zero-order chi connectivity index (χ0) is 17.5. The highest BCUT2D eigenvalue weighted by Gasteiger charge is 2.24. The Morgan fingerprint density at radius 3 is 2.88 bits per heavy atom. The number of nitrogens with one attached hydrogen (secondary N) is 2. The maximum Gasteiger partial charge on any atom is 0.191 e. The Hall–Kier alpha value is -1.22. The normalized spacial score (nSPS) is 19.8. The molecule has 142 valence electrons. The van der Waals surface area contributed by atoms with E-state index < -0.39 is 0 Å². The van der Waals surface area contributed by atoms with E-state index in [1.54, 1.807) is 6.20 Å². The van der Waals surface area contributed by atoms with Gasteiger partial charge in [0.2, 0.25) is 0 Å². The molecule has 1 aliphatic rings. The lowest BCUT2D eigenvalue weighted by Crippen LogP contribution is -2.42. The van der Waals surface area contributed by atoms with Gasteiger partial charge in [0.15, 0.2) is 5.96 Å². The molecule has 1 aromatic carbocycles. The molecule has 0 spiro atoms. The molecule has 3 rings (SSSR count). The van der Waals surface area contributed by atoms with Crippen molar-refractivity contribution in [2.24, 2.45) is 4.99 Å². The van der Waals surface area contributed by atoms with Gasteiger partial charge in [-0.2, -0.15) is 11.8 Å². The summed E-state index contributed by atoms with van der Waals surface area (Å²) in [7, 11) is 0. The summed E-state index contributed by atoms with van der Waals surface area (Å²) < 4.78 is 2.03. The van der Waals surface area contributed by atoms with E-state index in [0.29, 0.717) is 12.6 Å². The summed E-state index contributed by atoms with van der Waals surface area (Å²) in [6.45, 7) is 3.62. The van der Waals surface area contributed by atoms with Crippen molar-refractivity contribution in [3.63, 3.8) is 0 Å². The molecule has 7 heteroatoms. The fraction of sp³-hybridized carbons (Fsp3) is 0.474. The van der Waals surface area contributed by atoms with E-state index in [1.165, 1.54) is 24.8 Å². The Bertz CT molecular complexity index is 689. The van der Waals surface area contributed by atoms with Gasteiger partial charge in [0.1, 0.15) is 0 Å². The topological polar surface area (TPSA) is 54.2 Å². The monoisotopic (exact) mass is 485 g/mol. The predicted octanol–water partition coefficient (Wildman–Crippen LogP) is 3.83. The fourth-order valence-corrected chi connectivity index (χ4v) is 4.06. The molecule has 1 aromatic heterocycles. The number of aromatic nitrogens is 2. The average Bonchev–Trinajstić information content (AvgIpc) is 3.32. The van der Waals surface area contributed by atoms with Crippen molar-refractivity contribution < 1.29 is 0 Å². The SMILES string of the molecule is CCNC(=NCc1ccccc1-n1ccnc1)NC1CCC(SC)C1.I. The summed E-state index contributed by atoms with van der Waals surface area (Å²) in [5.41, 5.74) is 2.31. The Kier molecular flexibility index (Phi) is 8.77. The number of para-hydroxylation sites is 1. The summed E-state index contributed by atoms with van der Waals surface area (Å²) in [6, 6.07) is 8.87. The van der Waals surface area contributed by atoms with Gasteiger partial charge >= 0.3 is 0 Å². The third-order valence-corrected chi connectivity index (χ3v) is 5.68. The van der Waals surface area contributed by atoms with E-state index in [-0.39, 0.29) is 24.0 Å². The number of hydrogen-bond donors (Lipinski definition) is 2.